The van der Waals surface area contributed by atoms with Gasteiger partial charge in [0.15, 0.2) is 0 Å². The van der Waals surface area contributed by atoms with Crippen molar-refractivity contribution in [2.24, 2.45) is 16.1 Å². The molecule has 1 saturated heterocycles. The zero-order chi connectivity index (χ0) is 23.1. The van der Waals surface area contributed by atoms with Gasteiger partial charge in [0.2, 0.25) is 5.90 Å². The maximum atomic E-state index is 13.2. The number of alkyl halides is 6. The van der Waals surface area contributed by atoms with E-state index in [0.29, 0.717) is 18.9 Å². The molecule has 170 valence electrons. The molecule has 0 aliphatic carbocycles. The summed E-state index contributed by atoms with van der Waals surface area (Å²) in [6.45, 7) is 2.70. The zero-order valence-electron chi connectivity index (χ0n) is 16.4. The first kappa shape index (κ1) is 24.5. The van der Waals surface area contributed by atoms with Crippen LogP contribution < -0.4 is 10.2 Å². The number of piperidine rings is 1. The predicted molar refractivity (Wildman–Crippen MR) is 103 cm³/mol. The molecule has 1 aliphatic heterocycles. The quantitative estimate of drug-likeness (QED) is 0.296. The molecule has 12 heteroatoms. The Bertz CT molecular complexity index is 825. The SMILES string of the molecule is C=NOC(=NCCN(CC(F)(F)F)c1ccc(C#N)c(C(F)(F)F)c1)C1CCNCC1. The number of aliphatic imine (C=N–C) groups is 1. The molecule has 1 fully saturated rings. The largest absolute Gasteiger partial charge is 0.417 e. The number of nitriles is 1. The van der Waals surface area contributed by atoms with Crippen molar-refractivity contribution in [2.45, 2.75) is 25.2 Å². The van der Waals surface area contributed by atoms with Gasteiger partial charge in [-0.2, -0.15) is 31.6 Å². The van der Waals surface area contributed by atoms with Crippen molar-refractivity contribution in [1.29, 1.82) is 5.26 Å². The van der Waals surface area contributed by atoms with Gasteiger partial charge in [0.25, 0.3) is 0 Å². The molecule has 0 spiro atoms. The molecule has 1 heterocycles. The van der Waals surface area contributed by atoms with Gasteiger partial charge < -0.3 is 15.1 Å². The van der Waals surface area contributed by atoms with Crippen LogP contribution in [0, 0.1) is 17.2 Å². The number of halogens is 6. The van der Waals surface area contributed by atoms with Gasteiger partial charge >= 0.3 is 12.4 Å². The second-order valence-electron chi connectivity index (χ2n) is 6.84. The fourth-order valence-corrected chi connectivity index (χ4v) is 3.23. The first-order valence-corrected chi connectivity index (χ1v) is 9.36. The van der Waals surface area contributed by atoms with Crippen LogP contribution >= 0.6 is 0 Å². The van der Waals surface area contributed by atoms with Crippen LogP contribution in [0.2, 0.25) is 0 Å². The van der Waals surface area contributed by atoms with Gasteiger partial charge in [-0.25, -0.2) is 0 Å². The standard InChI is InChI=1S/C19H21F6N5O/c1-27-31-17(13-4-6-28-7-5-13)29-8-9-30(12-18(20,21)22)15-3-2-14(11-26)16(10-15)19(23,24)25/h2-3,10,13,28H,1,4-9,12H2. The maximum absolute atomic E-state index is 13.2. The number of hydrogen-bond acceptors (Lipinski definition) is 6. The van der Waals surface area contributed by atoms with Crippen LogP contribution in [0.5, 0.6) is 0 Å². The fraction of sp³-hybridized carbons (Fsp3) is 0.526. The number of anilines is 1. The summed E-state index contributed by atoms with van der Waals surface area (Å²) >= 11 is 0. The van der Waals surface area contributed by atoms with E-state index in [9.17, 15) is 26.3 Å². The van der Waals surface area contributed by atoms with Gasteiger partial charge in [-0.05, 0) is 44.1 Å². The normalized spacial score (nSPS) is 16.0. The number of hydrogen-bond donors (Lipinski definition) is 1. The average Bonchev–Trinajstić information content (AvgIpc) is 2.71. The molecule has 2 rings (SSSR count). The molecule has 1 aromatic carbocycles. The third kappa shape index (κ3) is 7.43. The molecule has 0 amide bonds. The Morgan fingerprint density at radius 1 is 1.23 bits per heavy atom. The van der Waals surface area contributed by atoms with Crippen LogP contribution in [0.1, 0.15) is 24.0 Å². The molecular weight excluding hydrogens is 428 g/mol. The summed E-state index contributed by atoms with van der Waals surface area (Å²) in [7, 11) is 0. The number of nitrogens with one attached hydrogen (secondary N) is 1. The van der Waals surface area contributed by atoms with Crippen molar-refractivity contribution in [3.05, 3.63) is 29.3 Å². The van der Waals surface area contributed by atoms with Crippen molar-refractivity contribution in [3.8, 4) is 6.07 Å². The molecule has 0 bridgehead atoms. The van der Waals surface area contributed by atoms with E-state index in [4.69, 9.17) is 10.1 Å². The summed E-state index contributed by atoms with van der Waals surface area (Å²) in [6, 6.07) is 3.86. The number of oxime groups is 1. The van der Waals surface area contributed by atoms with Crippen molar-refractivity contribution in [2.75, 3.05) is 37.6 Å². The highest BCUT2D eigenvalue weighted by molar-refractivity contribution is 5.79. The summed E-state index contributed by atoms with van der Waals surface area (Å²) in [6.07, 6.45) is -8.14. The van der Waals surface area contributed by atoms with Crippen molar-refractivity contribution in [1.82, 2.24) is 5.32 Å². The lowest BCUT2D eigenvalue weighted by Crippen LogP contribution is -2.37. The molecule has 31 heavy (non-hydrogen) atoms. The zero-order valence-corrected chi connectivity index (χ0v) is 16.4. The monoisotopic (exact) mass is 449 g/mol. The molecule has 0 atom stereocenters. The first-order chi connectivity index (χ1) is 14.5. The van der Waals surface area contributed by atoms with Crippen LogP contribution in [0.25, 0.3) is 0 Å². The minimum Gasteiger partial charge on any atom is -0.361 e. The summed E-state index contributed by atoms with van der Waals surface area (Å²) < 4.78 is 78.8. The fourth-order valence-electron chi connectivity index (χ4n) is 3.23. The van der Waals surface area contributed by atoms with E-state index >= 15 is 0 Å². The highest BCUT2D eigenvalue weighted by Gasteiger charge is 2.36. The van der Waals surface area contributed by atoms with E-state index in [-0.39, 0.29) is 30.6 Å². The molecule has 1 N–H and O–H groups in total. The molecule has 6 nitrogen and oxygen atoms in total. The maximum Gasteiger partial charge on any atom is 0.417 e. The van der Waals surface area contributed by atoms with Crippen molar-refractivity contribution >= 4 is 18.3 Å². The van der Waals surface area contributed by atoms with Crippen LogP contribution in [0.15, 0.2) is 28.3 Å². The Morgan fingerprint density at radius 3 is 2.45 bits per heavy atom. The number of rotatable bonds is 7. The summed E-state index contributed by atoms with van der Waals surface area (Å²) in [5.74, 6) is 0.161. The molecular formula is C19H21F6N5O. The van der Waals surface area contributed by atoms with E-state index in [2.05, 4.69) is 22.2 Å². The van der Waals surface area contributed by atoms with Crippen LogP contribution in [-0.4, -0.2) is 51.5 Å². The van der Waals surface area contributed by atoms with Gasteiger partial charge in [-0.15, -0.1) is 0 Å². The third-order valence-electron chi connectivity index (χ3n) is 4.65. The molecule has 1 aliphatic rings. The lowest BCUT2D eigenvalue weighted by molar-refractivity contribution is -0.137. The van der Waals surface area contributed by atoms with Crippen LogP contribution in [-0.2, 0) is 11.0 Å². The van der Waals surface area contributed by atoms with Gasteiger partial charge in [-0.3, -0.25) is 4.99 Å². The van der Waals surface area contributed by atoms with E-state index < -0.39 is 30.0 Å². The van der Waals surface area contributed by atoms with Crippen LogP contribution in [0.3, 0.4) is 0 Å². The van der Waals surface area contributed by atoms with Gasteiger partial charge in [0.1, 0.15) is 6.54 Å². The Morgan fingerprint density at radius 2 is 1.90 bits per heavy atom. The smallest absolute Gasteiger partial charge is 0.361 e. The predicted octanol–water partition coefficient (Wildman–Crippen LogP) is 3.98. The number of nitrogens with zero attached hydrogens (tertiary/aromatic N) is 4. The number of benzene rings is 1. The van der Waals surface area contributed by atoms with Crippen molar-refractivity contribution in [3.63, 3.8) is 0 Å². The Hall–Kier alpha value is -2.81. The van der Waals surface area contributed by atoms with Gasteiger partial charge in [-0.1, -0.05) is 5.16 Å². The van der Waals surface area contributed by atoms with E-state index in [1.165, 1.54) is 6.07 Å². The van der Waals surface area contributed by atoms with Gasteiger partial charge in [0.05, 0.1) is 23.7 Å². The highest BCUT2D eigenvalue weighted by Crippen LogP contribution is 2.35. The highest BCUT2D eigenvalue weighted by atomic mass is 19.4. The first-order valence-electron chi connectivity index (χ1n) is 9.36. The summed E-state index contributed by atoms with van der Waals surface area (Å²) in [5.41, 5.74) is -2.28. The van der Waals surface area contributed by atoms with Crippen molar-refractivity contribution < 1.29 is 31.2 Å². The van der Waals surface area contributed by atoms with E-state index in [1.807, 2.05) is 0 Å². The second kappa shape index (κ2) is 10.5. The summed E-state index contributed by atoms with van der Waals surface area (Å²) in [4.78, 5) is 10.00. The second-order valence-corrected chi connectivity index (χ2v) is 6.84. The molecule has 0 aromatic heterocycles. The Labute approximate surface area is 175 Å². The average molecular weight is 449 g/mol. The lowest BCUT2D eigenvalue weighted by atomic mass is 9.98. The summed E-state index contributed by atoms with van der Waals surface area (Å²) in [5, 5.41) is 15.4. The Kier molecular flexibility index (Phi) is 8.27. The minimum absolute atomic E-state index is 0.0745. The van der Waals surface area contributed by atoms with E-state index in [1.54, 1.807) is 0 Å². The molecule has 0 unspecified atom stereocenters. The Balaban J connectivity index is 2.26. The molecule has 0 radical (unpaired) electrons. The minimum atomic E-state index is -4.88. The third-order valence-corrected chi connectivity index (χ3v) is 4.65. The van der Waals surface area contributed by atoms with Gasteiger partial charge in [0, 0.05) is 24.9 Å². The van der Waals surface area contributed by atoms with Crippen LogP contribution in [0.4, 0.5) is 32.0 Å². The topological polar surface area (TPSA) is 73.0 Å². The lowest BCUT2D eigenvalue weighted by Gasteiger charge is -2.27. The molecule has 1 aromatic rings. The molecule has 0 saturated carbocycles. The van der Waals surface area contributed by atoms with E-state index in [0.717, 1.165) is 30.1 Å².